The molecule has 27 heavy (non-hydrogen) atoms. The van der Waals surface area contributed by atoms with E-state index in [-0.39, 0.29) is 24.5 Å². The second-order valence-electron chi connectivity index (χ2n) is 6.55. The summed E-state index contributed by atoms with van der Waals surface area (Å²) < 4.78 is 1.53. The number of fused-ring (bicyclic) bond motifs is 1. The first kappa shape index (κ1) is 17.1. The van der Waals surface area contributed by atoms with E-state index < -0.39 is 0 Å². The second kappa shape index (κ2) is 7.49. The summed E-state index contributed by atoms with van der Waals surface area (Å²) >= 11 is 0. The average molecular weight is 361 g/mol. The van der Waals surface area contributed by atoms with Crippen LogP contribution in [0, 0.1) is 0 Å². The largest absolute Gasteiger partial charge is 0.325 e. The molecule has 0 atom stereocenters. The number of carbonyl (C=O) groups is 2. The molecule has 1 N–H and O–H groups in total. The van der Waals surface area contributed by atoms with Crippen LogP contribution in [-0.4, -0.2) is 31.4 Å². The van der Waals surface area contributed by atoms with Crippen LogP contribution in [0.1, 0.15) is 40.7 Å². The zero-order valence-corrected chi connectivity index (χ0v) is 14.8. The SMILES string of the molecule is O=C(CCC(=O)c1ccc2c(c1)CCC2)Nc1ccc(-n2cncn2)nc1. The highest BCUT2D eigenvalue weighted by atomic mass is 16.2. The molecule has 1 aliphatic carbocycles. The number of nitrogens with zero attached hydrogens (tertiary/aromatic N) is 4. The van der Waals surface area contributed by atoms with Crippen molar-refractivity contribution in [3.05, 3.63) is 65.9 Å². The lowest BCUT2D eigenvalue weighted by molar-refractivity contribution is -0.116. The van der Waals surface area contributed by atoms with Gasteiger partial charge in [0.05, 0.1) is 11.9 Å². The van der Waals surface area contributed by atoms with Crippen molar-refractivity contribution in [2.24, 2.45) is 0 Å². The Labute approximate surface area is 156 Å². The average Bonchev–Trinajstić information content (AvgIpc) is 3.38. The number of anilines is 1. The van der Waals surface area contributed by atoms with Gasteiger partial charge < -0.3 is 5.32 Å². The fourth-order valence-electron chi connectivity index (χ4n) is 3.26. The number of hydrogen-bond acceptors (Lipinski definition) is 5. The molecule has 0 unspecified atom stereocenters. The molecule has 0 bridgehead atoms. The first-order valence-corrected chi connectivity index (χ1v) is 8.95. The first-order valence-electron chi connectivity index (χ1n) is 8.95. The van der Waals surface area contributed by atoms with Crippen molar-refractivity contribution >= 4 is 17.4 Å². The Morgan fingerprint density at radius 2 is 1.96 bits per heavy atom. The minimum atomic E-state index is -0.209. The van der Waals surface area contributed by atoms with Crippen molar-refractivity contribution in [2.75, 3.05) is 5.32 Å². The molecule has 0 radical (unpaired) electrons. The van der Waals surface area contributed by atoms with E-state index in [1.54, 1.807) is 24.7 Å². The fraction of sp³-hybridized carbons (Fsp3) is 0.250. The van der Waals surface area contributed by atoms with E-state index in [2.05, 4.69) is 20.4 Å². The topological polar surface area (TPSA) is 89.8 Å². The quantitative estimate of drug-likeness (QED) is 0.682. The minimum absolute atomic E-state index is 0.000458. The molecule has 0 saturated heterocycles. The van der Waals surface area contributed by atoms with E-state index in [0.29, 0.717) is 17.1 Å². The summed E-state index contributed by atoms with van der Waals surface area (Å²) in [5, 5.41) is 6.76. The van der Waals surface area contributed by atoms with Crippen LogP contribution in [0.15, 0.2) is 49.2 Å². The van der Waals surface area contributed by atoms with Gasteiger partial charge in [0.2, 0.25) is 5.91 Å². The summed E-state index contributed by atoms with van der Waals surface area (Å²) in [4.78, 5) is 32.6. The third-order valence-corrected chi connectivity index (χ3v) is 4.68. The molecule has 0 spiro atoms. The lowest BCUT2D eigenvalue weighted by Crippen LogP contribution is -2.14. The fourth-order valence-corrected chi connectivity index (χ4v) is 3.26. The van der Waals surface area contributed by atoms with Crippen LogP contribution in [0.25, 0.3) is 5.82 Å². The third kappa shape index (κ3) is 3.92. The van der Waals surface area contributed by atoms with Crippen molar-refractivity contribution in [3.8, 4) is 5.82 Å². The lowest BCUT2D eigenvalue weighted by Gasteiger charge is -2.07. The predicted octanol–water partition coefficient (Wildman–Crippen LogP) is 2.75. The highest BCUT2D eigenvalue weighted by Crippen LogP contribution is 2.23. The molecule has 4 rings (SSSR count). The number of nitrogens with one attached hydrogen (secondary N) is 1. The molecule has 7 nitrogen and oxygen atoms in total. The number of Topliss-reactive ketones (excluding diaryl/α,β-unsaturated/α-hetero) is 1. The minimum Gasteiger partial charge on any atom is -0.325 e. The molecule has 1 aromatic carbocycles. The summed E-state index contributed by atoms with van der Waals surface area (Å²) in [5.41, 5.74) is 3.88. The van der Waals surface area contributed by atoms with Gasteiger partial charge in [0.15, 0.2) is 11.6 Å². The van der Waals surface area contributed by atoms with Crippen LogP contribution < -0.4 is 5.32 Å². The molecule has 2 aromatic heterocycles. The normalized spacial score (nSPS) is 12.6. The van der Waals surface area contributed by atoms with Crippen molar-refractivity contribution in [3.63, 3.8) is 0 Å². The number of hydrogen-bond donors (Lipinski definition) is 1. The van der Waals surface area contributed by atoms with Crippen molar-refractivity contribution in [1.82, 2.24) is 19.7 Å². The predicted molar refractivity (Wildman–Crippen MR) is 99.8 cm³/mol. The van der Waals surface area contributed by atoms with Crippen LogP contribution in [0.5, 0.6) is 0 Å². The van der Waals surface area contributed by atoms with Crippen LogP contribution in [0.3, 0.4) is 0 Å². The molecule has 3 aromatic rings. The number of rotatable bonds is 6. The monoisotopic (exact) mass is 361 g/mol. The smallest absolute Gasteiger partial charge is 0.224 e. The standard InChI is InChI=1S/C20H19N5O2/c26-18(16-5-4-14-2-1-3-15(14)10-16)7-9-20(27)24-17-6-8-19(22-11-17)25-13-21-12-23-25/h4-6,8,10-13H,1-3,7,9H2,(H,24,27). The molecular formula is C20H19N5O2. The summed E-state index contributed by atoms with van der Waals surface area (Å²) in [6.07, 6.45) is 8.14. The maximum atomic E-state index is 12.4. The van der Waals surface area contributed by atoms with Crippen LogP contribution in [0.2, 0.25) is 0 Å². The number of benzene rings is 1. The van der Waals surface area contributed by atoms with E-state index in [1.807, 2.05) is 18.2 Å². The summed E-state index contributed by atoms with van der Waals surface area (Å²) in [7, 11) is 0. The molecule has 1 aliphatic rings. The lowest BCUT2D eigenvalue weighted by atomic mass is 10.0. The Bertz CT molecular complexity index is 965. The number of pyridine rings is 1. The van der Waals surface area contributed by atoms with Crippen molar-refractivity contribution in [1.29, 1.82) is 0 Å². The molecule has 1 amide bonds. The zero-order chi connectivity index (χ0) is 18.6. The third-order valence-electron chi connectivity index (χ3n) is 4.68. The molecular weight excluding hydrogens is 342 g/mol. The Morgan fingerprint density at radius 3 is 2.74 bits per heavy atom. The number of ketones is 1. The molecule has 136 valence electrons. The van der Waals surface area contributed by atoms with E-state index in [0.717, 1.165) is 19.3 Å². The van der Waals surface area contributed by atoms with Gasteiger partial charge in [0.1, 0.15) is 12.7 Å². The highest BCUT2D eigenvalue weighted by Gasteiger charge is 2.15. The van der Waals surface area contributed by atoms with Gasteiger partial charge in [-0.05, 0) is 48.6 Å². The van der Waals surface area contributed by atoms with Crippen molar-refractivity contribution < 1.29 is 9.59 Å². The zero-order valence-electron chi connectivity index (χ0n) is 14.8. The van der Waals surface area contributed by atoms with Crippen LogP contribution >= 0.6 is 0 Å². The number of carbonyl (C=O) groups excluding carboxylic acids is 2. The molecule has 0 fully saturated rings. The summed E-state index contributed by atoms with van der Waals surface area (Å²) in [6, 6.07) is 9.37. The van der Waals surface area contributed by atoms with Gasteiger partial charge >= 0.3 is 0 Å². The van der Waals surface area contributed by atoms with Crippen LogP contribution in [-0.2, 0) is 17.6 Å². The Morgan fingerprint density at radius 1 is 1.07 bits per heavy atom. The second-order valence-corrected chi connectivity index (χ2v) is 6.55. The first-order chi connectivity index (χ1) is 13.2. The summed E-state index contributed by atoms with van der Waals surface area (Å²) in [6.45, 7) is 0. The van der Waals surface area contributed by atoms with Gasteiger partial charge in [0, 0.05) is 18.4 Å². The summed E-state index contributed by atoms with van der Waals surface area (Å²) in [5.74, 6) is 0.400. The molecule has 7 heteroatoms. The van der Waals surface area contributed by atoms with Crippen molar-refractivity contribution in [2.45, 2.75) is 32.1 Å². The van der Waals surface area contributed by atoms with Gasteiger partial charge in [-0.3, -0.25) is 9.59 Å². The van der Waals surface area contributed by atoms with Gasteiger partial charge in [-0.15, -0.1) is 0 Å². The Balaban J connectivity index is 1.31. The van der Waals surface area contributed by atoms with E-state index in [1.165, 1.54) is 22.1 Å². The molecule has 0 aliphatic heterocycles. The maximum absolute atomic E-state index is 12.4. The molecule has 0 saturated carbocycles. The highest BCUT2D eigenvalue weighted by molar-refractivity contribution is 6.00. The van der Waals surface area contributed by atoms with Gasteiger partial charge in [-0.2, -0.15) is 5.10 Å². The Kier molecular flexibility index (Phi) is 4.74. The van der Waals surface area contributed by atoms with Gasteiger partial charge in [0.25, 0.3) is 0 Å². The number of aromatic nitrogens is 4. The van der Waals surface area contributed by atoms with E-state index in [9.17, 15) is 9.59 Å². The number of amides is 1. The maximum Gasteiger partial charge on any atom is 0.224 e. The molecule has 2 heterocycles. The van der Waals surface area contributed by atoms with Gasteiger partial charge in [-0.1, -0.05) is 12.1 Å². The van der Waals surface area contributed by atoms with Crippen LogP contribution in [0.4, 0.5) is 5.69 Å². The van der Waals surface area contributed by atoms with E-state index in [4.69, 9.17) is 0 Å². The number of aryl methyl sites for hydroxylation is 2. The van der Waals surface area contributed by atoms with Gasteiger partial charge in [-0.25, -0.2) is 14.6 Å². The Hall–Kier alpha value is -3.35. The van der Waals surface area contributed by atoms with E-state index >= 15 is 0 Å².